The number of carbonyl (C=O) groups is 1. The average molecular weight is 213 g/mol. The van der Waals surface area contributed by atoms with Crippen LogP contribution in [0.2, 0.25) is 0 Å². The highest BCUT2D eigenvalue weighted by Crippen LogP contribution is 2.21. The smallest absolute Gasteiger partial charge is 0.224 e. The van der Waals surface area contributed by atoms with Crippen LogP contribution in [0.25, 0.3) is 0 Å². The molecule has 1 saturated heterocycles. The lowest BCUT2D eigenvalue weighted by Crippen LogP contribution is -2.41. The zero-order valence-electron chi connectivity index (χ0n) is 10.3. The molecule has 1 atom stereocenters. The molecule has 0 saturated carbocycles. The van der Waals surface area contributed by atoms with E-state index in [4.69, 9.17) is 5.73 Å². The highest BCUT2D eigenvalue weighted by Gasteiger charge is 2.31. The molecule has 1 amide bonds. The first-order valence-corrected chi connectivity index (χ1v) is 5.48. The van der Waals surface area contributed by atoms with Crippen LogP contribution in [0, 0.1) is 5.41 Å². The lowest BCUT2D eigenvalue weighted by molar-refractivity contribution is -0.129. The molecule has 1 rings (SSSR count). The third-order valence-corrected chi connectivity index (χ3v) is 2.61. The first-order valence-electron chi connectivity index (χ1n) is 5.48. The molecule has 0 aliphatic carbocycles. The Bertz CT molecular complexity index is 238. The van der Waals surface area contributed by atoms with Gasteiger partial charge in [0.25, 0.3) is 0 Å². The van der Waals surface area contributed by atoms with Gasteiger partial charge in [0.2, 0.25) is 5.91 Å². The van der Waals surface area contributed by atoms with Crippen LogP contribution in [-0.2, 0) is 4.79 Å². The summed E-state index contributed by atoms with van der Waals surface area (Å²) in [7, 11) is 4.11. The Morgan fingerprint density at radius 2 is 2.13 bits per heavy atom. The van der Waals surface area contributed by atoms with E-state index in [1.165, 1.54) is 0 Å². The second-order valence-corrected chi connectivity index (χ2v) is 5.64. The summed E-state index contributed by atoms with van der Waals surface area (Å²) < 4.78 is 0. The largest absolute Gasteiger partial charge is 0.340 e. The second-order valence-electron chi connectivity index (χ2n) is 5.64. The van der Waals surface area contributed by atoms with Crippen molar-refractivity contribution in [1.29, 1.82) is 0 Å². The Balaban J connectivity index is 2.50. The molecule has 2 N–H and O–H groups in total. The molecule has 1 unspecified atom stereocenters. The lowest BCUT2D eigenvalue weighted by atomic mass is 9.92. The predicted octanol–water partition coefficient (Wildman–Crippen LogP) is 0.134. The van der Waals surface area contributed by atoms with E-state index in [1.54, 1.807) is 0 Å². The van der Waals surface area contributed by atoms with Crippen molar-refractivity contribution >= 4 is 5.91 Å². The molecule has 4 heteroatoms. The summed E-state index contributed by atoms with van der Waals surface area (Å²) in [5.74, 6) is 0.203. The summed E-state index contributed by atoms with van der Waals surface area (Å²) in [6.07, 6.45) is 0.512. The summed E-state index contributed by atoms with van der Waals surface area (Å²) in [5, 5.41) is 0. The van der Waals surface area contributed by atoms with Crippen LogP contribution >= 0.6 is 0 Å². The number of amides is 1. The Morgan fingerprint density at radius 3 is 2.53 bits per heavy atom. The molecule has 1 fully saturated rings. The third kappa shape index (κ3) is 3.80. The van der Waals surface area contributed by atoms with Crippen LogP contribution < -0.4 is 5.73 Å². The minimum atomic E-state index is 0.0349. The third-order valence-electron chi connectivity index (χ3n) is 2.61. The van der Waals surface area contributed by atoms with Crippen LogP contribution in [0.5, 0.6) is 0 Å². The Hall–Kier alpha value is -0.610. The van der Waals surface area contributed by atoms with E-state index < -0.39 is 0 Å². The van der Waals surface area contributed by atoms with Crippen LogP contribution in [0.3, 0.4) is 0 Å². The van der Waals surface area contributed by atoms with E-state index in [1.807, 2.05) is 4.90 Å². The second kappa shape index (κ2) is 4.49. The topological polar surface area (TPSA) is 49.6 Å². The van der Waals surface area contributed by atoms with E-state index in [2.05, 4.69) is 32.8 Å². The molecule has 0 aromatic heterocycles. The van der Waals surface area contributed by atoms with E-state index in [-0.39, 0.29) is 17.4 Å². The number of hydrogen-bond acceptors (Lipinski definition) is 3. The summed E-state index contributed by atoms with van der Waals surface area (Å²) in [4.78, 5) is 15.6. The Morgan fingerprint density at radius 1 is 1.53 bits per heavy atom. The van der Waals surface area contributed by atoms with Crippen LogP contribution in [0.1, 0.15) is 20.3 Å². The summed E-state index contributed by atoms with van der Waals surface area (Å²) in [6, 6.07) is 0.0349. The van der Waals surface area contributed by atoms with Crippen molar-refractivity contribution in [2.75, 3.05) is 33.7 Å². The van der Waals surface area contributed by atoms with Crippen molar-refractivity contribution in [1.82, 2.24) is 9.80 Å². The molecular formula is C11H23N3O. The van der Waals surface area contributed by atoms with Crippen LogP contribution in [0.4, 0.5) is 0 Å². The molecular weight excluding hydrogens is 190 g/mol. The van der Waals surface area contributed by atoms with E-state index in [9.17, 15) is 4.79 Å². The van der Waals surface area contributed by atoms with Crippen LogP contribution in [-0.4, -0.2) is 55.5 Å². The fraction of sp³-hybridized carbons (Fsp3) is 0.909. The van der Waals surface area contributed by atoms with Gasteiger partial charge in [-0.15, -0.1) is 0 Å². The van der Waals surface area contributed by atoms with Crippen molar-refractivity contribution in [2.45, 2.75) is 26.3 Å². The van der Waals surface area contributed by atoms with Gasteiger partial charge in [0, 0.05) is 32.1 Å². The van der Waals surface area contributed by atoms with E-state index in [0.29, 0.717) is 6.42 Å². The van der Waals surface area contributed by atoms with Crippen molar-refractivity contribution in [3.63, 3.8) is 0 Å². The maximum atomic E-state index is 11.6. The molecule has 1 aliphatic heterocycles. The fourth-order valence-electron chi connectivity index (χ4n) is 2.38. The molecule has 0 aromatic carbocycles. The monoisotopic (exact) mass is 213 g/mol. The molecule has 0 spiro atoms. The van der Waals surface area contributed by atoms with Gasteiger partial charge in [-0.25, -0.2) is 0 Å². The molecule has 4 nitrogen and oxygen atoms in total. The molecule has 0 bridgehead atoms. The van der Waals surface area contributed by atoms with Gasteiger partial charge in [0.15, 0.2) is 0 Å². The van der Waals surface area contributed by atoms with Gasteiger partial charge >= 0.3 is 0 Å². The van der Waals surface area contributed by atoms with Crippen molar-refractivity contribution in [2.24, 2.45) is 11.1 Å². The van der Waals surface area contributed by atoms with Crippen LogP contribution in [0.15, 0.2) is 0 Å². The zero-order chi connectivity index (χ0) is 11.6. The molecule has 0 radical (unpaired) electrons. The first-order chi connectivity index (χ1) is 6.80. The maximum absolute atomic E-state index is 11.6. The molecule has 15 heavy (non-hydrogen) atoms. The van der Waals surface area contributed by atoms with Gasteiger partial charge in [-0.3, -0.25) is 4.79 Å². The average Bonchev–Trinajstić information content (AvgIpc) is 2.25. The van der Waals surface area contributed by atoms with Gasteiger partial charge in [0.05, 0.1) is 0 Å². The van der Waals surface area contributed by atoms with Gasteiger partial charge in [-0.05, 0) is 19.5 Å². The quantitative estimate of drug-likeness (QED) is 0.722. The highest BCUT2D eigenvalue weighted by atomic mass is 16.2. The zero-order valence-corrected chi connectivity index (χ0v) is 10.3. The number of likely N-dealkylation sites (tertiary alicyclic amines) is 1. The summed E-state index contributed by atoms with van der Waals surface area (Å²) in [5.41, 5.74) is 5.89. The van der Waals surface area contributed by atoms with Crippen molar-refractivity contribution in [3.8, 4) is 0 Å². The van der Waals surface area contributed by atoms with E-state index in [0.717, 1.165) is 19.6 Å². The number of hydrogen-bond donors (Lipinski definition) is 1. The minimum Gasteiger partial charge on any atom is -0.340 e. The van der Waals surface area contributed by atoms with E-state index >= 15 is 0 Å². The van der Waals surface area contributed by atoms with Gasteiger partial charge in [-0.1, -0.05) is 13.8 Å². The Kier molecular flexibility index (Phi) is 3.73. The summed E-state index contributed by atoms with van der Waals surface area (Å²) >= 11 is 0. The fourth-order valence-corrected chi connectivity index (χ4v) is 2.38. The SMILES string of the molecule is CN(C)CC(C)(C)CN1CC(N)CC1=O. The van der Waals surface area contributed by atoms with Gasteiger partial charge in [-0.2, -0.15) is 0 Å². The number of carbonyl (C=O) groups excluding carboxylic acids is 1. The van der Waals surface area contributed by atoms with Gasteiger partial charge < -0.3 is 15.5 Å². The lowest BCUT2D eigenvalue weighted by Gasteiger charge is -2.32. The highest BCUT2D eigenvalue weighted by molar-refractivity contribution is 5.79. The first kappa shape index (κ1) is 12.5. The molecule has 1 heterocycles. The molecule has 1 aliphatic rings. The summed E-state index contributed by atoms with van der Waals surface area (Å²) in [6.45, 7) is 6.87. The number of nitrogens with zero attached hydrogens (tertiary/aromatic N) is 2. The van der Waals surface area contributed by atoms with Crippen molar-refractivity contribution < 1.29 is 4.79 Å². The standard InChI is InChI=1S/C11H23N3O/c1-11(2,7-13(3)4)8-14-6-9(12)5-10(14)15/h9H,5-8,12H2,1-4H3. The molecule has 0 aromatic rings. The number of nitrogens with two attached hydrogens (primary N) is 1. The van der Waals surface area contributed by atoms with Gasteiger partial charge in [0.1, 0.15) is 0 Å². The number of rotatable bonds is 4. The molecule has 88 valence electrons. The Labute approximate surface area is 92.4 Å². The maximum Gasteiger partial charge on any atom is 0.224 e. The minimum absolute atomic E-state index is 0.0349. The predicted molar refractivity (Wildman–Crippen MR) is 61.5 cm³/mol. The van der Waals surface area contributed by atoms with Crippen molar-refractivity contribution in [3.05, 3.63) is 0 Å². The normalized spacial score (nSPS) is 22.9.